The summed E-state index contributed by atoms with van der Waals surface area (Å²) in [5.74, 6) is 0. The van der Waals surface area contributed by atoms with Gasteiger partial charge in [-0.05, 0) is 0 Å². The molecule has 0 aromatic rings. The molecule has 0 aliphatic carbocycles. The van der Waals surface area contributed by atoms with E-state index in [1.165, 1.54) is 7.05 Å². The van der Waals surface area contributed by atoms with Crippen LogP contribution in [0.4, 0.5) is 9.59 Å². The van der Waals surface area contributed by atoms with Gasteiger partial charge in [0.15, 0.2) is 0 Å². The van der Waals surface area contributed by atoms with Gasteiger partial charge in [0, 0.05) is 24.1 Å². The average Bonchev–Trinajstić information content (AvgIpc) is 1.65. The molecule has 0 aromatic heterocycles. The second-order valence-electron chi connectivity index (χ2n) is 0.893. The molecule has 4 nitrogen and oxygen atoms in total. The molecule has 3 N–H and O–H groups in total. The molecule has 2 amide bonds. The molecular formula is C3H8N2O2S2Se. The minimum Gasteiger partial charge on any atom is -0.361 e. The standard InChI is InChI=1S/C2H5NOS.CH3NOS.Se/c1-3-2(4)5;2-1(3)4;/h1H3,(H2,3,4,5);(H3,2,3,4);. The van der Waals surface area contributed by atoms with Crippen LogP contribution in [-0.2, 0) is 0 Å². The van der Waals surface area contributed by atoms with Crippen molar-refractivity contribution in [1.82, 2.24) is 5.32 Å². The van der Waals surface area contributed by atoms with Gasteiger partial charge in [0.2, 0.25) is 0 Å². The van der Waals surface area contributed by atoms with Crippen molar-refractivity contribution < 1.29 is 9.59 Å². The summed E-state index contributed by atoms with van der Waals surface area (Å²) in [6.45, 7) is 0. The van der Waals surface area contributed by atoms with Crippen molar-refractivity contribution in [2.75, 3.05) is 7.05 Å². The van der Waals surface area contributed by atoms with Gasteiger partial charge in [0.05, 0.1) is 0 Å². The summed E-state index contributed by atoms with van der Waals surface area (Å²) in [6.07, 6.45) is 0. The first-order valence-corrected chi connectivity index (χ1v) is 2.79. The van der Waals surface area contributed by atoms with Crippen LogP contribution in [0.25, 0.3) is 0 Å². The van der Waals surface area contributed by atoms with Gasteiger partial charge in [-0.15, -0.1) is 0 Å². The van der Waals surface area contributed by atoms with Crippen molar-refractivity contribution in [3.05, 3.63) is 0 Å². The molecule has 0 aliphatic heterocycles. The van der Waals surface area contributed by atoms with Crippen LogP contribution in [0.2, 0.25) is 0 Å². The molecule has 0 fully saturated rings. The molecule has 0 aliphatic rings. The van der Waals surface area contributed by atoms with Gasteiger partial charge in [0.25, 0.3) is 10.5 Å². The molecule has 2 radical (unpaired) electrons. The summed E-state index contributed by atoms with van der Waals surface area (Å²) in [5, 5.41) is 1.31. The zero-order valence-corrected chi connectivity index (χ0v) is 8.70. The predicted molar refractivity (Wildman–Crippen MR) is 47.8 cm³/mol. The van der Waals surface area contributed by atoms with E-state index in [1.807, 2.05) is 0 Å². The molecule has 10 heavy (non-hydrogen) atoms. The van der Waals surface area contributed by atoms with Crippen molar-refractivity contribution in [3.63, 3.8) is 0 Å². The maximum atomic E-state index is 9.57. The minimum atomic E-state index is -0.639. The monoisotopic (exact) mass is 248 g/mol. The first-order chi connectivity index (χ1) is 4.00. The molecule has 0 heterocycles. The summed E-state index contributed by atoms with van der Waals surface area (Å²) in [5.41, 5.74) is 4.34. The van der Waals surface area contributed by atoms with E-state index in [4.69, 9.17) is 4.79 Å². The third-order valence-corrected chi connectivity index (χ3v) is 0.437. The maximum Gasteiger partial charge on any atom is 0.275 e. The quantitative estimate of drug-likeness (QED) is 0.356. The van der Waals surface area contributed by atoms with Crippen molar-refractivity contribution in [1.29, 1.82) is 0 Å². The number of hydrogen-bond acceptors (Lipinski definition) is 2. The minimum absolute atomic E-state index is 0. The van der Waals surface area contributed by atoms with E-state index < -0.39 is 5.24 Å². The van der Waals surface area contributed by atoms with Crippen LogP contribution in [0, 0.1) is 0 Å². The summed E-state index contributed by atoms with van der Waals surface area (Å²) < 4.78 is 0. The molecule has 0 atom stereocenters. The molecule has 0 aromatic carbocycles. The van der Waals surface area contributed by atoms with Crippen molar-refractivity contribution >= 4 is 52.8 Å². The van der Waals surface area contributed by atoms with Gasteiger partial charge >= 0.3 is 0 Å². The number of primary amides is 1. The Morgan fingerprint density at radius 1 is 1.40 bits per heavy atom. The number of nitrogens with one attached hydrogen (secondary N) is 1. The second-order valence-corrected chi connectivity index (χ2v) is 1.74. The zero-order chi connectivity index (χ0) is 7.86. The Balaban J connectivity index is -0.0000000910. The van der Waals surface area contributed by atoms with E-state index in [0.717, 1.165) is 0 Å². The molecule has 0 bridgehead atoms. The molecule has 0 saturated heterocycles. The van der Waals surface area contributed by atoms with Gasteiger partial charge < -0.3 is 11.1 Å². The first kappa shape index (κ1) is 16.6. The van der Waals surface area contributed by atoms with E-state index >= 15 is 0 Å². The first-order valence-electron chi connectivity index (χ1n) is 1.89. The van der Waals surface area contributed by atoms with E-state index in [9.17, 15) is 4.79 Å². The number of hydrogen-bond donors (Lipinski definition) is 4. The smallest absolute Gasteiger partial charge is 0.275 e. The Kier molecular flexibility index (Phi) is 19.8. The predicted octanol–water partition coefficient (Wildman–Crippen LogP) is -0.130. The normalized spacial score (nSPS) is 5.90. The van der Waals surface area contributed by atoms with E-state index in [2.05, 4.69) is 36.3 Å². The Morgan fingerprint density at radius 3 is 1.50 bits per heavy atom. The molecule has 0 rings (SSSR count). The Hall–Kier alpha value is 0.159. The third-order valence-electron chi connectivity index (χ3n) is 0.214. The molecule has 60 valence electrons. The average molecular weight is 247 g/mol. The van der Waals surface area contributed by atoms with Crippen LogP contribution in [0.1, 0.15) is 0 Å². The van der Waals surface area contributed by atoms with Crippen molar-refractivity contribution in [2.24, 2.45) is 5.73 Å². The third kappa shape index (κ3) is 89.7. The topological polar surface area (TPSA) is 72.2 Å². The number of amides is 2. The van der Waals surface area contributed by atoms with E-state index in [1.54, 1.807) is 0 Å². The van der Waals surface area contributed by atoms with Gasteiger partial charge in [-0.1, -0.05) is 25.3 Å². The van der Waals surface area contributed by atoms with E-state index in [0.29, 0.717) is 0 Å². The SMILES string of the molecule is CNC(=O)S.NC(=O)S.[Se]. The van der Waals surface area contributed by atoms with Crippen LogP contribution in [0.15, 0.2) is 0 Å². The second kappa shape index (κ2) is 11.9. The molecular weight excluding hydrogens is 239 g/mol. The number of rotatable bonds is 0. The van der Waals surface area contributed by atoms with Crippen molar-refractivity contribution in [3.8, 4) is 0 Å². The number of thiol groups is 2. The van der Waals surface area contributed by atoms with Crippen LogP contribution in [-0.4, -0.2) is 34.6 Å². The fraction of sp³-hybridized carbons (Fsp3) is 0.333. The molecule has 7 heteroatoms. The summed E-state index contributed by atoms with van der Waals surface area (Å²) in [6, 6.07) is 0. The fourth-order valence-corrected chi connectivity index (χ4v) is 0. The van der Waals surface area contributed by atoms with Crippen LogP contribution in [0.5, 0.6) is 0 Å². The van der Waals surface area contributed by atoms with Gasteiger partial charge in [-0.2, -0.15) is 0 Å². The fourth-order valence-electron chi connectivity index (χ4n) is 0. The summed E-state index contributed by atoms with van der Waals surface area (Å²) >= 11 is 6.45. The summed E-state index contributed by atoms with van der Waals surface area (Å²) in [4.78, 5) is 18.7. The van der Waals surface area contributed by atoms with Gasteiger partial charge in [-0.3, -0.25) is 9.59 Å². The number of nitrogens with two attached hydrogens (primary N) is 1. The molecule has 0 unspecified atom stereocenters. The van der Waals surface area contributed by atoms with Crippen LogP contribution >= 0.6 is 25.3 Å². The number of carbonyl (C=O) groups is 2. The van der Waals surface area contributed by atoms with E-state index in [-0.39, 0.29) is 22.3 Å². The Bertz CT molecular complexity index is 107. The molecule has 0 spiro atoms. The van der Waals surface area contributed by atoms with Gasteiger partial charge in [0.1, 0.15) is 0 Å². The summed E-state index contributed by atoms with van der Waals surface area (Å²) in [7, 11) is 1.52. The largest absolute Gasteiger partial charge is 0.361 e. The Morgan fingerprint density at radius 2 is 1.50 bits per heavy atom. The van der Waals surface area contributed by atoms with Crippen LogP contribution < -0.4 is 11.1 Å². The van der Waals surface area contributed by atoms with Crippen molar-refractivity contribution in [2.45, 2.75) is 0 Å². The Labute approximate surface area is 80.6 Å². The van der Waals surface area contributed by atoms with Gasteiger partial charge in [-0.25, -0.2) is 0 Å². The number of carbonyl (C=O) groups excluding carboxylic acids is 2. The molecule has 0 saturated carbocycles. The van der Waals surface area contributed by atoms with Crippen LogP contribution in [0.3, 0.4) is 0 Å². The zero-order valence-electron chi connectivity index (χ0n) is 5.20. The maximum absolute atomic E-state index is 9.57.